The molecule has 7 heteroatoms. The van der Waals surface area contributed by atoms with Gasteiger partial charge in [0.1, 0.15) is 0 Å². The third-order valence-electron chi connectivity index (χ3n) is 0.980. The molecular weight excluding hydrogens is 199 g/mol. The average Bonchev–Trinajstić information content (AvgIpc) is 1.83. The average molecular weight is 207 g/mol. The van der Waals surface area contributed by atoms with Crippen LogP contribution in [0.3, 0.4) is 0 Å². The fraction of sp³-hybridized carbons (Fsp3) is 0.750. The number of hydrogen-bond acceptors (Lipinski definition) is 4. The summed E-state index contributed by atoms with van der Waals surface area (Å²) in [5.74, 6) is -0.970. The minimum Gasteiger partial charge on any atom is -0.468 e. The molecule has 0 aromatic rings. The Bertz CT molecular complexity index is 221. The van der Waals surface area contributed by atoms with E-state index >= 15 is 0 Å². The molecule has 0 saturated carbocycles. The van der Waals surface area contributed by atoms with Crippen LogP contribution in [0.5, 0.6) is 0 Å². The van der Waals surface area contributed by atoms with Gasteiger partial charge in [-0.05, 0) is 6.92 Å². The SMILES string of the molecule is COC(=O)C(C)S(=O)(=O)O.[K+]. The van der Waals surface area contributed by atoms with Crippen molar-refractivity contribution in [2.45, 2.75) is 12.2 Å². The van der Waals surface area contributed by atoms with Crippen LogP contribution < -0.4 is 51.4 Å². The molecule has 0 rings (SSSR count). The van der Waals surface area contributed by atoms with Crippen molar-refractivity contribution in [1.82, 2.24) is 0 Å². The van der Waals surface area contributed by atoms with Crippen LogP contribution in [0.25, 0.3) is 0 Å². The zero-order chi connectivity index (χ0) is 8.36. The molecule has 0 aromatic carbocycles. The normalized spacial score (nSPS) is 13.0. The number of carbonyl (C=O) groups is 1. The molecule has 0 radical (unpaired) electrons. The second-order valence-electron chi connectivity index (χ2n) is 1.68. The summed E-state index contributed by atoms with van der Waals surface area (Å²) in [6.07, 6.45) is 0. The Kier molecular flexibility index (Phi) is 7.43. The van der Waals surface area contributed by atoms with E-state index in [1.54, 1.807) is 0 Å². The summed E-state index contributed by atoms with van der Waals surface area (Å²) in [6.45, 7) is 1.04. The van der Waals surface area contributed by atoms with Gasteiger partial charge in [-0.15, -0.1) is 0 Å². The molecule has 0 bridgehead atoms. The predicted octanol–water partition coefficient (Wildman–Crippen LogP) is -3.56. The number of methoxy groups -OCH3 is 1. The first-order chi connectivity index (χ1) is 4.39. The Balaban J connectivity index is 0. The van der Waals surface area contributed by atoms with Gasteiger partial charge in [0, 0.05) is 0 Å². The van der Waals surface area contributed by atoms with Crippen LogP contribution in [-0.4, -0.2) is 31.3 Å². The van der Waals surface area contributed by atoms with E-state index in [4.69, 9.17) is 4.55 Å². The van der Waals surface area contributed by atoms with Gasteiger partial charge in [0.15, 0.2) is 5.25 Å². The summed E-state index contributed by atoms with van der Waals surface area (Å²) < 4.78 is 32.7. The van der Waals surface area contributed by atoms with Crippen molar-refractivity contribution in [2.24, 2.45) is 0 Å². The fourth-order valence-corrected chi connectivity index (χ4v) is 0.627. The van der Waals surface area contributed by atoms with Crippen LogP contribution in [0.4, 0.5) is 0 Å². The predicted molar refractivity (Wildman–Crippen MR) is 33.0 cm³/mol. The van der Waals surface area contributed by atoms with E-state index < -0.39 is 21.3 Å². The minimum absolute atomic E-state index is 0. The second-order valence-corrected chi connectivity index (χ2v) is 3.42. The van der Waals surface area contributed by atoms with Crippen molar-refractivity contribution in [3.8, 4) is 0 Å². The zero-order valence-corrected chi connectivity index (χ0v) is 10.5. The maximum atomic E-state index is 10.4. The van der Waals surface area contributed by atoms with Gasteiger partial charge in [-0.1, -0.05) is 0 Å². The van der Waals surface area contributed by atoms with Crippen molar-refractivity contribution in [2.75, 3.05) is 7.11 Å². The van der Waals surface area contributed by atoms with E-state index in [2.05, 4.69) is 4.74 Å². The summed E-state index contributed by atoms with van der Waals surface area (Å²) in [7, 11) is -3.24. The first kappa shape index (κ1) is 14.5. The van der Waals surface area contributed by atoms with Gasteiger partial charge in [-0.2, -0.15) is 8.42 Å². The van der Waals surface area contributed by atoms with E-state index in [0.717, 1.165) is 14.0 Å². The smallest absolute Gasteiger partial charge is 0.468 e. The number of ether oxygens (including phenoxy) is 1. The summed E-state index contributed by atoms with van der Waals surface area (Å²) in [5.41, 5.74) is 0. The van der Waals surface area contributed by atoms with Crippen molar-refractivity contribution in [3.05, 3.63) is 0 Å². The number of esters is 1. The van der Waals surface area contributed by atoms with Gasteiger partial charge in [-0.3, -0.25) is 9.35 Å². The quantitative estimate of drug-likeness (QED) is 0.288. The molecule has 0 heterocycles. The van der Waals surface area contributed by atoms with Crippen molar-refractivity contribution in [3.63, 3.8) is 0 Å². The van der Waals surface area contributed by atoms with Crippen LogP contribution >= 0.6 is 0 Å². The number of hydrogen-bond donors (Lipinski definition) is 1. The first-order valence-electron chi connectivity index (χ1n) is 2.43. The first-order valence-corrected chi connectivity index (χ1v) is 3.94. The van der Waals surface area contributed by atoms with Gasteiger partial charge < -0.3 is 4.74 Å². The molecule has 1 N–H and O–H groups in total. The molecule has 60 valence electrons. The molecule has 0 fully saturated rings. The molecule has 0 saturated heterocycles. The van der Waals surface area contributed by atoms with Crippen LogP contribution in [-0.2, 0) is 19.6 Å². The maximum Gasteiger partial charge on any atom is 1.00 e. The van der Waals surface area contributed by atoms with Crippen molar-refractivity contribution in [1.29, 1.82) is 0 Å². The number of rotatable bonds is 2. The van der Waals surface area contributed by atoms with E-state index in [-0.39, 0.29) is 51.4 Å². The molecule has 1 unspecified atom stereocenters. The summed E-state index contributed by atoms with van der Waals surface area (Å²) in [6, 6.07) is 0. The Labute approximate surface area is 108 Å². The van der Waals surface area contributed by atoms with E-state index in [1.807, 2.05) is 0 Å². The number of carbonyl (C=O) groups excluding carboxylic acids is 1. The Morgan fingerprint density at radius 1 is 1.55 bits per heavy atom. The Hall–Kier alpha value is 1.02. The van der Waals surface area contributed by atoms with Gasteiger partial charge in [0.25, 0.3) is 10.1 Å². The minimum atomic E-state index is -4.29. The van der Waals surface area contributed by atoms with Crippen LogP contribution in [0.15, 0.2) is 0 Å². The topological polar surface area (TPSA) is 80.7 Å². The molecule has 11 heavy (non-hydrogen) atoms. The molecule has 0 aliphatic carbocycles. The van der Waals surface area contributed by atoms with Crippen LogP contribution in [0.2, 0.25) is 0 Å². The summed E-state index contributed by atoms with van der Waals surface area (Å²) >= 11 is 0. The third kappa shape index (κ3) is 5.29. The zero-order valence-electron chi connectivity index (χ0n) is 6.57. The third-order valence-corrected chi connectivity index (χ3v) is 2.07. The Morgan fingerprint density at radius 3 is 2.00 bits per heavy atom. The summed E-state index contributed by atoms with van der Waals surface area (Å²) in [5, 5.41) is -1.50. The van der Waals surface area contributed by atoms with Gasteiger partial charge in [0.05, 0.1) is 7.11 Å². The molecule has 0 amide bonds. The monoisotopic (exact) mass is 207 g/mol. The summed E-state index contributed by atoms with van der Waals surface area (Å²) in [4.78, 5) is 10.4. The second kappa shape index (κ2) is 5.63. The van der Waals surface area contributed by atoms with E-state index in [1.165, 1.54) is 0 Å². The fourth-order valence-electron chi connectivity index (χ4n) is 0.288. The molecule has 5 nitrogen and oxygen atoms in total. The van der Waals surface area contributed by atoms with Gasteiger partial charge in [0.2, 0.25) is 0 Å². The molecule has 0 aliphatic rings. The maximum absolute atomic E-state index is 10.4. The van der Waals surface area contributed by atoms with E-state index in [9.17, 15) is 13.2 Å². The van der Waals surface area contributed by atoms with Crippen LogP contribution in [0, 0.1) is 0 Å². The van der Waals surface area contributed by atoms with Crippen molar-refractivity contribution >= 4 is 16.1 Å². The Morgan fingerprint density at radius 2 is 1.91 bits per heavy atom. The largest absolute Gasteiger partial charge is 1.00 e. The molecule has 0 spiro atoms. The standard InChI is InChI=1S/C4H8O5S.K/c1-3(4(5)9-2)10(6,7)8;/h3H,1-2H3,(H,6,7,8);/q;+1. The van der Waals surface area contributed by atoms with Gasteiger partial charge >= 0.3 is 57.4 Å². The molecule has 1 atom stereocenters. The van der Waals surface area contributed by atoms with Crippen molar-refractivity contribution < 1.29 is 73.9 Å². The van der Waals surface area contributed by atoms with E-state index in [0.29, 0.717) is 0 Å². The molecule has 0 aliphatic heterocycles. The van der Waals surface area contributed by atoms with Crippen LogP contribution in [0.1, 0.15) is 6.92 Å². The van der Waals surface area contributed by atoms with Gasteiger partial charge in [-0.25, -0.2) is 0 Å². The molecular formula is C4H8KO5S+. The molecule has 0 aromatic heterocycles.